The van der Waals surface area contributed by atoms with Gasteiger partial charge in [0.2, 0.25) is 5.95 Å². The summed E-state index contributed by atoms with van der Waals surface area (Å²) in [6.45, 7) is 6.32. The number of nitrogens with zero attached hydrogens (tertiary/aromatic N) is 3. The molecular weight excluding hydrogens is 362 g/mol. The number of hydrogen-bond acceptors (Lipinski definition) is 5. The number of amides is 1. The molecule has 148 valence electrons. The van der Waals surface area contributed by atoms with Crippen molar-refractivity contribution in [2.24, 2.45) is 0 Å². The van der Waals surface area contributed by atoms with E-state index in [2.05, 4.69) is 37.6 Å². The van der Waals surface area contributed by atoms with E-state index >= 15 is 0 Å². The molecule has 1 saturated heterocycles. The van der Waals surface area contributed by atoms with E-state index in [0.29, 0.717) is 11.5 Å². The van der Waals surface area contributed by atoms with Gasteiger partial charge in [0.15, 0.2) is 0 Å². The molecule has 0 unspecified atom stereocenters. The van der Waals surface area contributed by atoms with Crippen molar-refractivity contribution in [1.29, 1.82) is 0 Å². The fourth-order valence-electron chi connectivity index (χ4n) is 3.39. The third-order valence-corrected chi connectivity index (χ3v) is 5.27. The maximum Gasteiger partial charge on any atom is 0.258 e. The van der Waals surface area contributed by atoms with Gasteiger partial charge in [0.05, 0.1) is 5.56 Å². The molecule has 2 N–H and O–H groups in total. The SMILES string of the molecule is Cc1ccc(NC(=O)c2cnc(Nc3ccc(N4CCCC4)cc3)nc2)cc1C. The van der Waals surface area contributed by atoms with Gasteiger partial charge in [-0.2, -0.15) is 0 Å². The standard InChI is InChI=1S/C23H25N5O/c1-16-5-6-20(13-17(16)2)26-22(29)18-14-24-23(25-15-18)27-19-7-9-21(10-8-19)28-11-3-4-12-28/h5-10,13-15H,3-4,11-12H2,1-2H3,(H,26,29)(H,24,25,27). The van der Waals surface area contributed by atoms with Crippen LogP contribution < -0.4 is 15.5 Å². The van der Waals surface area contributed by atoms with Gasteiger partial charge in [-0.1, -0.05) is 6.07 Å². The summed E-state index contributed by atoms with van der Waals surface area (Å²) in [6, 6.07) is 14.1. The fraction of sp³-hybridized carbons (Fsp3) is 0.261. The number of carbonyl (C=O) groups is 1. The van der Waals surface area contributed by atoms with Crippen LogP contribution in [-0.4, -0.2) is 29.0 Å². The van der Waals surface area contributed by atoms with Gasteiger partial charge in [-0.05, 0) is 74.2 Å². The molecule has 1 aromatic heterocycles. The zero-order chi connectivity index (χ0) is 20.2. The van der Waals surface area contributed by atoms with Crippen LogP contribution in [0.4, 0.5) is 23.0 Å². The number of aryl methyl sites for hydroxylation is 2. The first-order valence-electron chi connectivity index (χ1n) is 9.91. The Morgan fingerprint density at radius 3 is 2.21 bits per heavy atom. The number of aromatic nitrogens is 2. The van der Waals surface area contributed by atoms with Crippen molar-refractivity contribution >= 4 is 28.9 Å². The monoisotopic (exact) mass is 387 g/mol. The maximum absolute atomic E-state index is 12.4. The summed E-state index contributed by atoms with van der Waals surface area (Å²) >= 11 is 0. The van der Waals surface area contributed by atoms with Crippen LogP contribution in [0.3, 0.4) is 0 Å². The molecule has 6 nitrogen and oxygen atoms in total. The Labute approximate surface area is 171 Å². The minimum absolute atomic E-state index is 0.227. The first-order chi connectivity index (χ1) is 14.1. The Balaban J connectivity index is 1.38. The van der Waals surface area contributed by atoms with E-state index in [1.165, 1.54) is 36.5 Å². The molecule has 0 bridgehead atoms. The quantitative estimate of drug-likeness (QED) is 0.665. The van der Waals surface area contributed by atoms with E-state index in [4.69, 9.17) is 0 Å². The number of hydrogen-bond donors (Lipinski definition) is 2. The van der Waals surface area contributed by atoms with E-state index in [-0.39, 0.29) is 5.91 Å². The molecule has 2 heterocycles. The van der Waals surface area contributed by atoms with Crippen LogP contribution >= 0.6 is 0 Å². The van der Waals surface area contributed by atoms with E-state index in [1.54, 1.807) is 0 Å². The van der Waals surface area contributed by atoms with E-state index in [0.717, 1.165) is 30.0 Å². The molecule has 0 aliphatic carbocycles. The van der Waals surface area contributed by atoms with E-state index in [1.807, 2.05) is 44.2 Å². The van der Waals surface area contributed by atoms with Crippen molar-refractivity contribution in [3.05, 3.63) is 71.5 Å². The van der Waals surface area contributed by atoms with Gasteiger partial charge in [0.25, 0.3) is 5.91 Å². The highest BCUT2D eigenvalue weighted by molar-refractivity contribution is 6.03. The molecule has 0 saturated carbocycles. The molecule has 1 fully saturated rings. The molecule has 3 aromatic rings. The van der Waals surface area contributed by atoms with Gasteiger partial charge in [-0.15, -0.1) is 0 Å². The summed E-state index contributed by atoms with van der Waals surface area (Å²) in [6.07, 6.45) is 5.59. The van der Waals surface area contributed by atoms with Gasteiger partial charge in [0, 0.05) is 42.5 Å². The second-order valence-electron chi connectivity index (χ2n) is 7.41. The first kappa shape index (κ1) is 18.9. The van der Waals surface area contributed by atoms with Crippen molar-refractivity contribution in [3.8, 4) is 0 Å². The Kier molecular flexibility index (Phi) is 5.42. The predicted molar refractivity (Wildman–Crippen MR) is 117 cm³/mol. The number of carbonyl (C=O) groups excluding carboxylic acids is 1. The summed E-state index contributed by atoms with van der Waals surface area (Å²) in [4.78, 5) is 23.4. The number of nitrogens with one attached hydrogen (secondary N) is 2. The molecule has 0 radical (unpaired) electrons. The van der Waals surface area contributed by atoms with Crippen molar-refractivity contribution in [2.45, 2.75) is 26.7 Å². The summed E-state index contributed by atoms with van der Waals surface area (Å²) in [5.74, 6) is 0.233. The topological polar surface area (TPSA) is 70.2 Å². The molecule has 1 aliphatic rings. The lowest BCUT2D eigenvalue weighted by molar-refractivity contribution is 0.102. The smallest absolute Gasteiger partial charge is 0.258 e. The lowest BCUT2D eigenvalue weighted by atomic mass is 10.1. The number of anilines is 4. The zero-order valence-corrected chi connectivity index (χ0v) is 16.8. The summed E-state index contributed by atoms with van der Waals surface area (Å²) in [5.41, 5.74) is 5.66. The number of benzene rings is 2. The van der Waals surface area contributed by atoms with Crippen molar-refractivity contribution in [1.82, 2.24) is 9.97 Å². The normalized spacial score (nSPS) is 13.4. The van der Waals surface area contributed by atoms with Gasteiger partial charge in [0.1, 0.15) is 0 Å². The van der Waals surface area contributed by atoms with E-state index < -0.39 is 0 Å². The maximum atomic E-state index is 12.4. The largest absolute Gasteiger partial charge is 0.372 e. The van der Waals surface area contributed by atoms with Gasteiger partial charge in [-0.3, -0.25) is 4.79 Å². The van der Waals surface area contributed by atoms with Crippen LogP contribution in [-0.2, 0) is 0 Å². The molecule has 1 aliphatic heterocycles. The van der Waals surface area contributed by atoms with Crippen molar-refractivity contribution < 1.29 is 4.79 Å². The Hall–Kier alpha value is -3.41. The highest BCUT2D eigenvalue weighted by Gasteiger charge is 2.12. The highest BCUT2D eigenvalue weighted by atomic mass is 16.1. The molecule has 1 amide bonds. The Morgan fingerprint density at radius 2 is 1.55 bits per heavy atom. The average Bonchev–Trinajstić information content (AvgIpc) is 3.27. The lowest BCUT2D eigenvalue weighted by Crippen LogP contribution is -2.17. The van der Waals surface area contributed by atoms with Crippen LogP contribution in [0.1, 0.15) is 34.3 Å². The van der Waals surface area contributed by atoms with Gasteiger partial charge >= 0.3 is 0 Å². The molecular formula is C23H25N5O. The molecule has 2 aromatic carbocycles. The van der Waals surface area contributed by atoms with Crippen molar-refractivity contribution in [2.75, 3.05) is 28.6 Å². The molecule has 0 atom stereocenters. The minimum Gasteiger partial charge on any atom is -0.372 e. The molecule has 6 heteroatoms. The first-order valence-corrected chi connectivity index (χ1v) is 9.91. The summed E-state index contributed by atoms with van der Waals surface area (Å²) < 4.78 is 0. The second-order valence-corrected chi connectivity index (χ2v) is 7.41. The minimum atomic E-state index is -0.227. The fourth-order valence-corrected chi connectivity index (χ4v) is 3.39. The summed E-state index contributed by atoms with van der Waals surface area (Å²) in [7, 11) is 0. The van der Waals surface area contributed by atoms with Crippen molar-refractivity contribution in [3.63, 3.8) is 0 Å². The van der Waals surface area contributed by atoms with Crippen LogP contribution in [0.25, 0.3) is 0 Å². The molecule has 29 heavy (non-hydrogen) atoms. The van der Waals surface area contributed by atoms with Crippen LogP contribution in [0.2, 0.25) is 0 Å². The lowest BCUT2D eigenvalue weighted by Gasteiger charge is -2.17. The third kappa shape index (κ3) is 4.54. The third-order valence-electron chi connectivity index (χ3n) is 5.27. The van der Waals surface area contributed by atoms with Crippen LogP contribution in [0, 0.1) is 13.8 Å². The Bertz CT molecular complexity index is 993. The van der Waals surface area contributed by atoms with Crippen LogP contribution in [0.15, 0.2) is 54.9 Å². The second kappa shape index (κ2) is 8.31. The van der Waals surface area contributed by atoms with Gasteiger partial charge < -0.3 is 15.5 Å². The molecule has 4 rings (SSSR count). The van der Waals surface area contributed by atoms with E-state index in [9.17, 15) is 4.79 Å². The summed E-state index contributed by atoms with van der Waals surface area (Å²) in [5, 5.41) is 6.06. The molecule has 0 spiro atoms. The highest BCUT2D eigenvalue weighted by Crippen LogP contribution is 2.23. The number of rotatable bonds is 5. The zero-order valence-electron chi connectivity index (χ0n) is 16.8. The van der Waals surface area contributed by atoms with Gasteiger partial charge in [-0.25, -0.2) is 9.97 Å². The average molecular weight is 387 g/mol. The van der Waals surface area contributed by atoms with Crippen LogP contribution in [0.5, 0.6) is 0 Å². The predicted octanol–water partition coefficient (Wildman–Crippen LogP) is 4.69. The Morgan fingerprint density at radius 1 is 0.897 bits per heavy atom.